The molecule has 5 rings (SSSR count). The maximum absolute atomic E-state index is 12.9. The van der Waals surface area contributed by atoms with Crippen molar-refractivity contribution in [2.75, 3.05) is 7.11 Å². The summed E-state index contributed by atoms with van der Waals surface area (Å²) in [6, 6.07) is 38.7. The molecule has 0 saturated heterocycles. The van der Waals surface area contributed by atoms with Crippen molar-refractivity contribution in [1.82, 2.24) is 0 Å². The van der Waals surface area contributed by atoms with Crippen LogP contribution in [0.2, 0.25) is 0 Å². The number of Topliss-reactive ketones (excluding diaryl/α,β-unsaturated/α-hetero) is 1. The Kier molecular flexibility index (Phi) is 12.0. The Morgan fingerprint density at radius 3 is 1.72 bits per heavy atom. The van der Waals surface area contributed by atoms with E-state index in [1.54, 1.807) is 7.11 Å². The highest BCUT2D eigenvalue weighted by atomic mass is 32.2. The van der Waals surface area contributed by atoms with E-state index in [2.05, 4.69) is 60.4 Å². The first-order chi connectivity index (χ1) is 24.6. The monoisotopic (exact) mass is 784 g/mol. The van der Waals surface area contributed by atoms with Crippen LogP contribution in [0.5, 0.6) is 5.75 Å². The molecule has 0 aliphatic heterocycles. The van der Waals surface area contributed by atoms with Crippen molar-refractivity contribution < 1.29 is 62.0 Å². The van der Waals surface area contributed by atoms with Gasteiger partial charge in [-0.25, -0.2) is 8.42 Å². The molecule has 0 spiro atoms. The zero-order chi connectivity index (χ0) is 39.4. The van der Waals surface area contributed by atoms with Gasteiger partial charge in [-0.05, 0) is 78.9 Å². The molecule has 0 aliphatic rings. The van der Waals surface area contributed by atoms with Gasteiger partial charge in [0.25, 0.3) is 0 Å². The van der Waals surface area contributed by atoms with E-state index in [0.717, 1.165) is 32.5 Å². The fourth-order valence-corrected chi connectivity index (χ4v) is 7.44. The van der Waals surface area contributed by atoms with E-state index in [9.17, 15) is 57.3 Å². The Morgan fingerprint density at radius 2 is 1.25 bits per heavy atom. The van der Waals surface area contributed by atoms with Crippen LogP contribution in [0.4, 0.5) is 39.5 Å². The molecule has 0 heterocycles. The summed E-state index contributed by atoms with van der Waals surface area (Å²) >= 11 is 0. The number of alkyl halides is 9. The molecule has 5 aromatic carbocycles. The number of carbonyl (C=O) groups is 1. The SMILES string of the molecule is COc1ccc2cc(C(=O)C#Cc3ccc(C)cc3)ccc2c1[S+](c1ccccc1)c1ccccc1.O=S(=O)([O-])C(F)(F)C(F)(F)C(F)(F)C(F)(F)F. The van der Waals surface area contributed by atoms with Crippen molar-refractivity contribution in [1.29, 1.82) is 0 Å². The van der Waals surface area contributed by atoms with Gasteiger partial charge in [0.15, 0.2) is 25.7 Å². The summed E-state index contributed by atoms with van der Waals surface area (Å²) < 4.78 is 141. The van der Waals surface area contributed by atoms with Gasteiger partial charge < -0.3 is 9.29 Å². The molecule has 0 saturated carbocycles. The normalized spacial score (nSPS) is 12.4. The minimum absolute atomic E-state index is 0.194. The molecule has 0 aromatic heterocycles. The maximum atomic E-state index is 12.9. The quantitative estimate of drug-likeness (QED) is 0.0515. The van der Waals surface area contributed by atoms with Gasteiger partial charge in [0.2, 0.25) is 10.7 Å². The van der Waals surface area contributed by atoms with E-state index in [0.29, 0.717) is 5.56 Å². The molecular formula is C37H25F9O5S2. The predicted octanol–water partition coefficient (Wildman–Crippen LogP) is 9.44. The summed E-state index contributed by atoms with van der Waals surface area (Å²) in [5, 5.41) is -5.06. The number of hydrogen-bond acceptors (Lipinski definition) is 5. The highest BCUT2D eigenvalue weighted by Gasteiger charge is 2.83. The average molecular weight is 785 g/mol. The minimum atomic E-state index is -7.43. The van der Waals surface area contributed by atoms with Crippen LogP contribution in [0.3, 0.4) is 0 Å². The van der Waals surface area contributed by atoms with Crippen molar-refractivity contribution in [3.8, 4) is 17.6 Å². The standard InChI is InChI=1S/C33H25O2S.C4HF9O3S/c1-24-13-15-25(16-14-24)17-21-31(34)27-18-20-30-26(23-27)19-22-32(35-2)33(30)36(28-9-5-3-6-10-28)29-11-7-4-8-12-29;5-1(6,3(9,10)11)2(7,8)4(12,13)17(14,15)16/h3-16,18-20,22-23H,1-2H3;(H,14,15,16)/q+1;/p-1. The van der Waals surface area contributed by atoms with Crippen LogP contribution in [0, 0.1) is 18.8 Å². The molecule has 5 nitrogen and oxygen atoms in total. The topological polar surface area (TPSA) is 83.5 Å². The molecule has 0 unspecified atom stereocenters. The number of hydrogen-bond donors (Lipinski definition) is 0. The smallest absolute Gasteiger partial charge is 0.460 e. The third-order valence-electron chi connectivity index (χ3n) is 7.38. The number of aryl methyl sites for hydroxylation is 1. The molecule has 53 heavy (non-hydrogen) atoms. The number of methoxy groups -OCH3 is 1. The number of halogens is 9. The number of carbonyl (C=O) groups excluding carboxylic acids is 1. The molecule has 0 N–H and O–H groups in total. The Bertz CT molecular complexity index is 2210. The van der Waals surface area contributed by atoms with Gasteiger partial charge >= 0.3 is 23.3 Å². The van der Waals surface area contributed by atoms with Crippen LogP contribution >= 0.6 is 0 Å². The summed E-state index contributed by atoms with van der Waals surface area (Å²) in [7, 11) is -6.09. The van der Waals surface area contributed by atoms with Crippen molar-refractivity contribution in [2.24, 2.45) is 0 Å². The van der Waals surface area contributed by atoms with Crippen LogP contribution in [-0.4, -0.2) is 49.1 Å². The molecule has 5 aromatic rings. The highest BCUT2D eigenvalue weighted by Crippen LogP contribution is 2.54. The van der Waals surface area contributed by atoms with Crippen molar-refractivity contribution >= 4 is 37.6 Å². The number of fused-ring (bicyclic) bond motifs is 1. The van der Waals surface area contributed by atoms with Gasteiger partial charge in [0.1, 0.15) is 10.9 Å². The van der Waals surface area contributed by atoms with Crippen LogP contribution in [0.25, 0.3) is 10.8 Å². The van der Waals surface area contributed by atoms with Crippen LogP contribution in [0.1, 0.15) is 21.5 Å². The third-order valence-corrected chi connectivity index (χ3v) is 10.6. The van der Waals surface area contributed by atoms with E-state index in [1.165, 1.54) is 9.79 Å². The highest BCUT2D eigenvalue weighted by molar-refractivity contribution is 7.97. The van der Waals surface area contributed by atoms with Crippen molar-refractivity contribution in [3.63, 3.8) is 0 Å². The molecule has 278 valence electrons. The van der Waals surface area contributed by atoms with E-state index in [4.69, 9.17) is 4.74 Å². The summed E-state index contributed by atoms with van der Waals surface area (Å²) in [5.41, 5.74) is 2.58. The first-order valence-corrected chi connectivity index (χ1v) is 17.5. The van der Waals surface area contributed by atoms with Crippen LogP contribution in [-0.2, 0) is 21.0 Å². The molecule has 0 bridgehead atoms. The first kappa shape index (κ1) is 40.8. The van der Waals surface area contributed by atoms with E-state index < -0.39 is 33.4 Å². The van der Waals surface area contributed by atoms with Gasteiger partial charge in [-0.3, -0.25) is 4.79 Å². The first-order valence-electron chi connectivity index (χ1n) is 14.9. The Balaban J connectivity index is 0.000000313. The van der Waals surface area contributed by atoms with Crippen molar-refractivity contribution in [3.05, 3.63) is 132 Å². The van der Waals surface area contributed by atoms with Gasteiger partial charge in [-0.1, -0.05) is 66.1 Å². The fourth-order valence-electron chi connectivity index (χ4n) is 4.63. The third kappa shape index (κ3) is 8.48. The average Bonchev–Trinajstić information content (AvgIpc) is 3.11. The summed E-state index contributed by atoms with van der Waals surface area (Å²) in [6.07, 6.45) is -7.16. The summed E-state index contributed by atoms with van der Waals surface area (Å²) in [5.74, 6) is -8.39. The number of ether oxygens (including phenoxy) is 1. The Hall–Kier alpha value is -4.98. The lowest BCUT2D eigenvalue weighted by Crippen LogP contribution is -2.63. The second-order valence-corrected chi connectivity index (χ2v) is 14.4. The second kappa shape index (κ2) is 15.6. The zero-order valence-corrected chi connectivity index (χ0v) is 28.9. The lowest BCUT2D eigenvalue weighted by atomic mass is 10.0. The minimum Gasteiger partial charge on any atom is -0.743 e. The van der Waals surface area contributed by atoms with E-state index in [1.807, 2.05) is 73.7 Å². The molecule has 16 heteroatoms. The molecule has 0 atom stereocenters. The van der Waals surface area contributed by atoms with Crippen LogP contribution in [0.15, 0.2) is 130 Å². The molecular weight excluding hydrogens is 760 g/mol. The largest absolute Gasteiger partial charge is 0.743 e. The maximum Gasteiger partial charge on any atom is 0.460 e. The van der Waals surface area contributed by atoms with Gasteiger partial charge in [0, 0.05) is 16.5 Å². The number of rotatable bonds is 8. The zero-order valence-electron chi connectivity index (χ0n) is 27.2. The fraction of sp³-hybridized carbons (Fsp3) is 0.162. The lowest BCUT2D eigenvalue weighted by Gasteiger charge is -2.34. The van der Waals surface area contributed by atoms with Gasteiger partial charge in [-0.15, -0.1) is 0 Å². The van der Waals surface area contributed by atoms with E-state index >= 15 is 0 Å². The lowest BCUT2D eigenvalue weighted by molar-refractivity contribution is -0.382. The van der Waals surface area contributed by atoms with Crippen LogP contribution < -0.4 is 4.74 Å². The predicted molar refractivity (Wildman–Crippen MR) is 179 cm³/mol. The van der Waals surface area contributed by atoms with Crippen molar-refractivity contribution in [2.45, 2.75) is 44.9 Å². The second-order valence-electron chi connectivity index (χ2n) is 11.0. The van der Waals surface area contributed by atoms with Gasteiger partial charge in [-0.2, -0.15) is 39.5 Å². The summed E-state index contributed by atoms with van der Waals surface area (Å²) in [4.78, 5) is 16.4. The molecule has 0 aliphatic carbocycles. The van der Waals surface area contributed by atoms with E-state index in [-0.39, 0.29) is 16.7 Å². The molecule has 0 amide bonds. The van der Waals surface area contributed by atoms with Gasteiger partial charge in [0.05, 0.1) is 7.11 Å². The number of benzene rings is 5. The molecule has 0 fully saturated rings. The summed E-state index contributed by atoms with van der Waals surface area (Å²) in [6.45, 7) is 2.03. The number of ketones is 1. The Labute approximate surface area is 300 Å². The molecule has 0 radical (unpaired) electrons. The Morgan fingerprint density at radius 1 is 0.717 bits per heavy atom.